The summed E-state index contributed by atoms with van der Waals surface area (Å²) in [6.45, 7) is 0.398. The molecule has 19 heavy (non-hydrogen) atoms. The number of hydrogen-bond acceptors (Lipinski definition) is 4. The predicted octanol–water partition coefficient (Wildman–Crippen LogP) is 1.55. The van der Waals surface area contributed by atoms with E-state index in [1.54, 1.807) is 30.7 Å². The molecule has 0 unspecified atom stereocenters. The van der Waals surface area contributed by atoms with E-state index >= 15 is 0 Å². The lowest BCUT2D eigenvalue weighted by molar-refractivity contribution is 0.479. The van der Waals surface area contributed by atoms with Crippen LogP contribution in [0.15, 0.2) is 53.7 Å². The lowest BCUT2D eigenvalue weighted by atomic mass is 10.2. The van der Waals surface area contributed by atoms with E-state index in [0.29, 0.717) is 17.6 Å². The van der Waals surface area contributed by atoms with Gasteiger partial charge in [0.05, 0.1) is 11.9 Å². The van der Waals surface area contributed by atoms with Crippen LogP contribution < -0.4 is 5.56 Å². The fourth-order valence-electron chi connectivity index (χ4n) is 2.01. The van der Waals surface area contributed by atoms with E-state index in [2.05, 4.69) is 9.97 Å². The van der Waals surface area contributed by atoms with E-state index in [1.165, 1.54) is 10.6 Å². The highest BCUT2D eigenvalue weighted by Crippen LogP contribution is 2.20. The molecular weight excluding hydrogens is 242 g/mol. The number of aromatic hydroxyl groups is 1. The normalized spacial score (nSPS) is 10.7. The summed E-state index contributed by atoms with van der Waals surface area (Å²) in [5, 5.41) is 10.3. The summed E-state index contributed by atoms with van der Waals surface area (Å²) in [7, 11) is 0. The standard InChI is InChI=1S/C14H11N3O2/c18-12-8-13(19)17(9-10-3-6-15-7-4-10)14-11(12)2-1-5-16-14/h1-8,18H,9H2. The number of aromatic nitrogens is 3. The van der Waals surface area contributed by atoms with Crippen molar-refractivity contribution in [1.29, 1.82) is 0 Å². The summed E-state index contributed by atoms with van der Waals surface area (Å²) in [5.74, 6) is -0.0425. The Balaban J connectivity index is 2.21. The Bertz CT molecular complexity index is 782. The zero-order valence-electron chi connectivity index (χ0n) is 10.0. The van der Waals surface area contributed by atoms with Crippen molar-refractivity contribution in [3.05, 3.63) is 64.8 Å². The highest BCUT2D eigenvalue weighted by molar-refractivity contribution is 5.81. The fraction of sp³-hybridized carbons (Fsp3) is 0.0714. The van der Waals surface area contributed by atoms with Gasteiger partial charge in [-0.3, -0.25) is 14.3 Å². The van der Waals surface area contributed by atoms with Crippen molar-refractivity contribution >= 4 is 11.0 Å². The first-order valence-corrected chi connectivity index (χ1v) is 5.82. The molecular formula is C14H11N3O2. The third-order valence-electron chi connectivity index (χ3n) is 2.93. The molecule has 5 nitrogen and oxygen atoms in total. The quantitative estimate of drug-likeness (QED) is 0.752. The Hall–Kier alpha value is -2.69. The van der Waals surface area contributed by atoms with Crippen LogP contribution in [0.5, 0.6) is 5.75 Å². The summed E-state index contributed by atoms with van der Waals surface area (Å²) >= 11 is 0. The smallest absolute Gasteiger partial charge is 0.256 e. The van der Waals surface area contributed by atoms with E-state index in [-0.39, 0.29) is 11.3 Å². The van der Waals surface area contributed by atoms with Gasteiger partial charge in [0, 0.05) is 24.7 Å². The van der Waals surface area contributed by atoms with Crippen molar-refractivity contribution in [3.63, 3.8) is 0 Å². The van der Waals surface area contributed by atoms with Crippen LogP contribution in [0.2, 0.25) is 0 Å². The maximum atomic E-state index is 12.0. The molecule has 3 aromatic heterocycles. The number of nitrogens with zero attached hydrogens (tertiary/aromatic N) is 3. The minimum Gasteiger partial charge on any atom is -0.507 e. The first-order chi connectivity index (χ1) is 9.25. The monoisotopic (exact) mass is 253 g/mol. The Kier molecular flexibility index (Phi) is 2.72. The lowest BCUT2D eigenvalue weighted by Gasteiger charge is -2.10. The zero-order valence-corrected chi connectivity index (χ0v) is 10.0. The van der Waals surface area contributed by atoms with Crippen molar-refractivity contribution in [2.75, 3.05) is 0 Å². The number of hydrogen-bond donors (Lipinski definition) is 1. The highest BCUT2D eigenvalue weighted by Gasteiger charge is 2.09. The minimum absolute atomic E-state index is 0.0425. The Labute approximate surface area is 108 Å². The van der Waals surface area contributed by atoms with Crippen LogP contribution in [0.3, 0.4) is 0 Å². The van der Waals surface area contributed by atoms with Crippen molar-refractivity contribution in [2.45, 2.75) is 6.54 Å². The first-order valence-electron chi connectivity index (χ1n) is 5.82. The number of pyridine rings is 3. The minimum atomic E-state index is -0.277. The molecule has 0 aromatic carbocycles. The van der Waals surface area contributed by atoms with Gasteiger partial charge in [-0.1, -0.05) is 0 Å². The van der Waals surface area contributed by atoms with Gasteiger partial charge in [0.2, 0.25) is 0 Å². The SMILES string of the molecule is O=c1cc(O)c2cccnc2n1Cc1ccncc1. The van der Waals surface area contributed by atoms with Gasteiger partial charge in [0.25, 0.3) is 5.56 Å². The topological polar surface area (TPSA) is 68.0 Å². The van der Waals surface area contributed by atoms with Crippen LogP contribution in [0, 0.1) is 0 Å². The molecule has 0 saturated heterocycles. The largest absolute Gasteiger partial charge is 0.507 e. The van der Waals surface area contributed by atoms with Crippen molar-refractivity contribution < 1.29 is 5.11 Å². The average molecular weight is 253 g/mol. The van der Waals surface area contributed by atoms with Crippen LogP contribution in [0.1, 0.15) is 5.56 Å². The van der Waals surface area contributed by atoms with E-state index in [4.69, 9.17) is 0 Å². The molecule has 0 radical (unpaired) electrons. The molecule has 0 aliphatic rings. The second-order valence-corrected chi connectivity index (χ2v) is 4.18. The Morgan fingerprint density at radius 1 is 1.16 bits per heavy atom. The predicted molar refractivity (Wildman–Crippen MR) is 71.0 cm³/mol. The van der Waals surface area contributed by atoms with E-state index < -0.39 is 0 Å². The molecule has 0 saturated carbocycles. The van der Waals surface area contributed by atoms with Gasteiger partial charge in [-0.25, -0.2) is 4.98 Å². The van der Waals surface area contributed by atoms with Crippen LogP contribution in [0.25, 0.3) is 11.0 Å². The summed E-state index contributed by atoms with van der Waals surface area (Å²) in [5.41, 5.74) is 1.15. The Morgan fingerprint density at radius 3 is 2.74 bits per heavy atom. The van der Waals surface area contributed by atoms with Gasteiger partial charge < -0.3 is 5.11 Å². The molecule has 0 spiro atoms. The molecule has 0 bridgehead atoms. The molecule has 3 aromatic rings. The van der Waals surface area contributed by atoms with Gasteiger partial charge in [0.1, 0.15) is 11.4 Å². The van der Waals surface area contributed by atoms with Crippen molar-refractivity contribution in [2.24, 2.45) is 0 Å². The van der Waals surface area contributed by atoms with Gasteiger partial charge >= 0.3 is 0 Å². The maximum absolute atomic E-state index is 12.0. The van der Waals surface area contributed by atoms with Gasteiger partial charge in [-0.15, -0.1) is 0 Å². The molecule has 0 fully saturated rings. The van der Waals surface area contributed by atoms with E-state index in [9.17, 15) is 9.90 Å². The molecule has 94 valence electrons. The molecule has 3 rings (SSSR count). The van der Waals surface area contributed by atoms with Gasteiger partial charge in [-0.05, 0) is 29.8 Å². The first kappa shape index (κ1) is 11.4. The van der Waals surface area contributed by atoms with Crippen LogP contribution in [-0.4, -0.2) is 19.6 Å². The van der Waals surface area contributed by atoms with E-state index in [0.717, 1.165) is 5.56 Å². The average Bonchev–Trinajstić information content (AvgIpc) is 2.45. The van der Waals surface area contributed by atoms with Gasteiger partial charge in [0.15, 0.2) is 0 Å². The molecule has 0 aliphatic heterocycles. The Morgan fingerprint density at radius 2 is 1.95 bits per heavy atom. The highest BCUT2D eigenvalue weighted by atomic mass is 16.3. The summed E-state index contributed by atoms with van der Waals surface area (Å²) in [6, 6.07) is 8.36. The third kappa shape index (κ3) is 2.06. The molecule has 0 atom stereocenters. The number of fused-ring (bicyclic) bond motifs is 1. The summed E-state index contributed by atoms with van der Waals surface area (Å²) in [4.78, 5) is 20.1. The molecule has 0 aliphatic carbocycles. The molecule has 0 amide bonds. The van der Waals surface area contributed by atoms with Crippen LogP contribution in [0.4, 0.5) is 0 Å². The second-order valence-electron chi connectivity index (χ2n) is 4.18. The molecule has 1 N–H and O–H groups in total. The third-order valence-corrected chi connectivity index (χ3v) is 2.93. The zero-order chi connectivity index (χ0) is 13.2. The van der Waals surface area contributed by atoms with Crippen LogP contribution in [-0.2, 0) is 6.54 Å². The summed E-state index contributed by atoms with van der Waals surface area (Å²) in [6.07, 6.45) is 4.96. The lowest BCUT2D eigenvalue weighted by Crippen LogP contribution is -2.20. The van der Waals surface area contributed by atoms with Crippen LogP contribution >= 0.6 is 0 Å². The van der Waals surface area contributed by atoms with Gasteiger partial charge in [-0.2, -0.15) is 0 Å². The van der Waals surface area contributed by atoms with E-state index in [1.807, 2.05) is 12.1 Å². The number of rotatable bonds is 2. The molecule has 3 heterocycles. The van der Waals surface area contributed by atoms with Crippen molar-refractivity contribution in [1.82, 2.24) is 14.5 Å². The second kappa shape index (κ2) is 4.53. The molecule has 5 heteroatoms. The van der Waals surface area contributed by atoms with Crippen molar-refractivity contribution in [3.8, 4) is 5.75 Å². The summed E-state index contributed by atoms with van der Waals surface area (Å²) < 4.78 is 1.53. The maximum Gasteiger partial charge on any atom is 0.256 e. The fourth-order valence-corrected chi connectivity index (χ4v) is 2.01.